The van der Waals surface area contributed by atoms with Crippen molar-refractivity contribution in [3.63, 3.8) is 0 Å². The number of aromatic nitrogens is 1. The number of anilines is 1. The molecule has 0 fully saturated rings. The van der Waals surface area contributed by atoms with E-state index in [9.17, 15) is 0 Å². The molecular formula is C11H9N3. The highest BCUT2D eigenvalue weighted by Crippen LogP contribution is 2.19. The summed E-state index contributed by atoms with van der Waals surface area (Å²) < 4.78 is 0. The maximum absolute atomic E-state index is 8.90. The van der Waals surface area contributed by atoms with Crippen molar-refractivity contribution in [1.29, 1.82) is 5.26 Å². The van der Waals surface area contributed by atoms with Crippen LogP contribution in [0.1, 0.15) is 11.1 Å². The minimum atomic E-state index is 0.389. The van der Waals surface area contributed by atoms with E-state index in [1.54, 1.807) is 6.07 Å². The van der Waals surface area contributed by atoms with E-state index in [1.165, 1.54) is 0 Å². The zero-order valence-corrected chi connectivity index (χ0v) is 7.78. The second-order valence-electron chi connectivity index (χ2n) is 3.23. The molecule has 14 heavy (non-hydrogen) atoms. The Morgan fingerprint density at radius 3 is 2.86 bits per heavy atom. The van der Waals surface area contributed by atoms with E-state index in [0.29, 0.717) is 11.4 Å². The van der Waals surface area contributed by atoms with Gasteiger partial charge in [0.25, 0.3) is 0 Å². The van der Waals surface area contributed by atoms with Crippen molar-refractivity contribution < 1.29 is 0 Å². The number of nitrogens with zero attached hydrogens (tertiary/aromatic N) is 2. The first-order valence-corrected chi connectivity index (χ1v) is 4.27. The first kappa shape index (κ1) is 8.52. The Balaban J connectivity index is 2.89. The highest BCUT2D eigenvalue weighted by atomic mass is 14.8. The zero-order chi connectivity index (χ0) is 10.1. The van der Waals surface area contributed by atoms with Crippen LogP contribution in [-0.4, -0.2) is 4.98 Å². The number of fused-ring (bicyclic) bond motifs is 1. The van der Waals surface area contributed by atoms with Gasteiger partial charge in [-0.1, -0.05) is 12.1 Å². The average molecular weight is 183 g/mol. The van der Waals surface area contributed by atoms with E-state index in [4.69, 9.17) is 11.0 Å². The number of benzene rings is 1. The summed E-state index contributed by atoms with van der Waals surface area (Å²) in [4.78, 5) is 4.17. The van der Waals surface area contributed by atoms with Gasteiger partial charge < -0.3 is 5.73 Å². The molecule has 0 aliphatic carbocycles. The lowest BCUT2D eigenvalue weighted by atomic mass is 10.1. The van der Waals surface area contributed by atoms with Crippen molar-refractivity contribution in [2.75, 3.05) is 5.73 Å². The lowest BCUT2D eigenvalue weighted by Gasteiger charge is -2.02. The lowest BCUT2D eigenvalue weighted by molar-refractivity contribution is 1.37. The third-order valence-electron chi connectivity index (χ3n) is 2.11. The molecule has 0 amide bonds. The molecule has 2 aromatic rings. The van der Waals surface area contributed by atoms with Gasteiger partial charge >= 0.3 is 0 Å². The lowest BCUT2D eigenvalue weighted by Crippen LogP contribution is -1.93. The van der Waals surface area contributed by atoms with Crippen LogP contribution < -0.4 is 5.73 Å². The third-order valence-corrected chi connectivity index (χ3v) is 2.11. The Kier molecular flexibility index (Phi) is 1.83. The minimum absolute atomic E-state index is 0.389. The number of aryl methyl sites for hydroxylation is 1. The van der Waals surface area contributed by atoms with E-state index >= 15 is 0 Å². The van der Waals surface area contributed by atoms with Crippen molar-refractivity contribution in [3.8, 4) is 6.07 Å². The van der Waals surface area contributed by atoms with Gasteiger partial charge in [0.1, 0.15) is 5.82 Å². The van der Waals surface area contributed by atoms with Crippen molar-refractivity contribution in [2.45, 2.75) is 6.92 Å². The van der Waals surface area contributed by atoms with Crippen molar-refractivity contribution in [1.82, 2.24) is 4.98 Å². The number of nitrogens with two attached hydrogens (primary N) is 1. The number of nitrogen functional groups attached to an aromatic ring is 1. The molecular weight excluding hydrogens is 174 g/mol. The first-order valence-electron chi connectivity index (χ1n) is 4.27. The maximum Gasteiger partial charge on any atom is 0.125 e. The Bertz CT molecular complexity index is 533. The fourth-order valence-corrected chi connectivity index (χ4v) is 1.45. The summed E-state index contributed by atoms with van der Waals surface area (Å²) in [5, 5.41) is 9.75. The molecule has 0 aliphatic heterocycles. The number of pyridine rings is 1. The second kappa shape index (κ2) is 3.00. The summed E-state index contributed by atoms with van der Waals surface area (Å²) in [5.41, 5.74) is 8.05. The van der Waals surface area contributed by atoms with Gasteiger partial charge in [-0.2, -0.15) is 5.26 Å². The van der Waals surface area contributed by atoms with Gasteiger partial charge in [-0.15, -0.1) is 0 Å². The number of hydrogen-bond donors (Lipinski definition) is 1. The van der Waals surface area contributed by atoms with Gasteiger partial charge in [0, 0.05) is 5.39 Å². The molecule has 68 valence electrons. The molecule has 0 saturated carbocycles. The van der Waals surface area contributed by atoms with E-state index in [1.807, 2.05) is 25.1 Å². The van der Waals surface area contributed by atoms with Crippen LogP contribution in [0, 0.1) is 18.3 Å². The summed E-state index contributed by atoms with van der Waals surface area (Å²) in [6.07, 6.45) is 0. The molecule has 3 nitrogen and oxygen atoms in total. The van der Waals surface area contributed by atoms with Crippen molar-refractivity contribution in [3.05, 3.63) is 35.4 Å². The molecule has 0 aliphatic rings. The Morgan fingerprint density at radius 1 is 1.36 bits per heavy atom. The second-order valence-corrected chi connectivity index (χ2v) is 3.23. The average Bonchev–Trinajstić information content (AvgIpc) is 2.15. The Labute approximate surface area is 81.8 Å². The van der Waals surface area contributed by atoms with Gasteiger partial charge in [-0.3, -0.25) is 0 Å². The fourth-order valence-electron chi connectivity index (χ4n) is 1.45. The molecule has 3 heteroatoms. The quantitative estimate of drug-likeness (QED) is 0.679. The van der Waals surface area contributed by atoms with E-state index < -0.39 is 0 Å². The summed E-state index contributed by atoms with van der Waals surface area (Å²) in [5.74, 6) is 0.389. The number of nitriles is 1. The summed E-state index contributed by atoms with van der Waals surface area (Å²) in [7, 11) is 0. The number of hydrogen-bond acceptors (Lipinski definition) is 3. The van der Waals surface area contributed by atoms with Crippen molar-refractivity contribution in [2.24, 2.45) is 0 Å². The van der Waals surface area contributed by atoms with Crippen LogP contribution in [0.4, 0.5) is 5.82 Å². The van der Waals surface area contributed by atoms with Gasteiger partial charge in [0.05, 0.1) is 17.1 Å². The normalized spacial score (nSPS) is 10.0. The molecule has 0 atom stereocenters. The SMILES string of the molecule is Cc1ccc2c(C#N)cc(N)nc2c1. The predicted molar refractivity (Wildman–Crippen MR) is 55.6 cm³/mol. The van der Waals surface area contributed by atoms with E-state index in [0.717, 1.165) is 16.5 Å². The molecule has 1 heterocycles. The van der Waals surface area contributed by atoms with Crippen LogP contribution in [-0.2, 0) is 0 Å². The fraction of sp³-hybridized carbons (Fsp3) is 0.0909. The summed E-state index contributed by atoms with van der Waals surface area (Å²) in [6.45, 7) is 1.98. The summed E-state index contributed by atoms with van der Waals surface area (Å²) in [6, 6.07) is 9.49. The number of rotatable bonds is 0. The third kappa shape index (κ3) is 1.27. The van der Waals surface area contributed by atoms with E-state index in [-0.39, 0.29) is 0 Å². The molecule has 0 radical (unpaired) electrons. The van der Waals surface area contributed by atoms with Crippen LogP contribution in [0.2, 0.25) is 0 Å². The molecule has 0 spiro atoms. The van der Waals surface area contributed by atoms with Crippen molar-refractivity contribution >= 4 is 16.7 Å². The monoisotopic (exact) mass is 183 g/mol. The Hall–Kier alpha value is -2.08. The topological polar surface area (TPSA) is 62.7 Å². The molecule has 1 aromatic carbocycles. The minimum Gasteiger partial charge on any atom is -0.384 e. The van der Waals surface area contributed by atoms with Crippen LogP contribution in [0.15, 0.2) is 24.3 Å². The van der Waals surface area contributed by atoms with Gasteiger partial charge in [0.2, 0.25) is 0 Å². The van der Waals surface area contributed by atoms with Gasteiger partial charge in [0.15, 0.2) is 0 Å². The van der Waals surface area contributed by atoms with Crippen LogP contribution in [0.25, 0.3) is 10.9 Å². The molecule has 1 aromatic heterocycles. The highest BCUT2D eigenvalue weighted by molar-refractivity contribution is 5.86. The van der Waals surface area contributed by atoms with Gasteiger partial charge in [-0.25, -0.2) is 4.98 Å². The predicted octanol–water partition coefficient (Wildman–Crippen LogP) is 2.00. The molecule has 2 rings (SSSR count). The van der Waals surface area contributed by atoms with Gasteiger partial charge in [-0.05, 0) is 24.6 Å². The highest BCUT2D eigenvalue weighted by Gasteiger charge is 2.03. The Morgan fingerprint density at radius 2 is 2.14 bits per heavy atom. The van der Waals surface area contributed by atoms with Crippen LogP contribution in [0.5, 0.6) is 0 Å². The summed E-state index contributed by atoms with van der Waals surface area (Å²) >= 11 is 0. The smallest absolute Gasteiger partial charge is 0.125 e. The molecule has 0 unspecified atom stereocenters. The largest absolute Gasteiger partial charge is 0.384 e. The standard InChI is InChI=1S/C11H9N3/c1-7-2-3-9-8(6-12)5-11(13)14-10(9)4-7/h2-5H,1H3,(H2,13,14). The van der Waals surface area contributed by atoms with Crippen LogP contribution >= 0.6 is 0 Å². The molecule has 0 saturated heterocycles. The maximum atomic E-state index is 8.90. The van der Waals surface area contributed by atoms with E-state index in [2.05, 4.69) is 11.1 Å². The zero-order valence-electron chi connectivity index (χ0n) is 7.78. The van der Waals surface area contributed by atoms with Crippen LogP contribution in [0.3, 0.4) is 0 Å². The molecule has 2 N–H and O–H groups in total. The molecule has 0 bridgehead atoms. The first-order chi connectivity index (χ1) is 6.70.